The molecule has 0 spiro atoms. The Morgan fingerprint density at radius 1 is 1.42 bits per heavy atom. The minimum atomic E-state index is 0.279. The first-order valence-corrected chi connectivity index (χ1v) is 7.43. The molecule has 0 bridgehead atoms. The smallest absolute Gasteiger partial charge is 0.0472 e. The van der Waals surface area contributed by atoms with Crippen molar-refractivity contribution in [3.05, 3.63) is 34.9 Å². The highest BCUT2D eigenvalue weighted by atomic mass is 35.5. The SMILES string of the molecule is CCC1CN(C(CN)c2cccc(Cl)c2)CCN1C. The zero-order valence-electron chi connectivity index (χ0n) is 11.8. The maximum atomic E-state index is 6.10. The van der Waals surface area contributed by atoms with Crippen LogP contribution in [0.25, 0.3) is 0 Å². The van der Waals surface area contributed by atoms with E-state index in [0.29, 0.717) is 12.6 Å². The van der Waals surface area contributed by atoms with Gasteiger partial charge in [-0.05, 0) is 31.2 Å². The summed E-state index contributed by atoms with van der Waals surface area (Å²) in [6.07, 6.45) is 1.18. The van der Waals surface area contributed by atoms with E-state index in [1.54, 1.807) is 0 Å². The van der Waals surface area contributed by atoms with Crippen LogP contribution in [0, 0.1) is 0 Å². The van der Waals surface area contributed by atoms with Crippen LogP contribution >= 0.6 is 11.6 Å². The van der Waals surface area contributed by atoms with E-state index in [0.717, 1.165) is 24.7 Å². The van der Waals surface area contributed by atoms with E-state index in [2.05, 4.69) is 29.8 Å². The van der Waals surface area contributed by atoms with E-state index in [4.69, 9.17) is 17.3 Å². The predicted octanol–water partition coefficient (Wildman–Crippen LogP) is 2.37. The molecular weight excluding hydrogens is 258 g/mol. The molecule has 1 heterocycles. The average molecular weight is 282 g/mol. The molecule has 1 aliphatic rings. The van der Waals surface area contributed by atoms with Crippen molar-refractivity contribution in [1.29, 1.82) is 0 Å². The molecule has 106 valence electrons. The van der Waals surface area contributed by atoms with Crippen LogP contribution in [0.15, 0.2) is 24.3 Å². The standard InChI is InChI=1S/C15H24ClN3/c1-3-14-11-19(8-7-18(14)2)15(10-17)12-5-4-6-13(16)9-12/h4-6,9,14-15H,3,7-8,10-11,17H2,1-2H3. The van der Waals surface area contributed by atoms with Gasteiger partial charge < -0.3 is 10.6 Å². The number of hydrogen-bond donors (Lipinski definition) is 1. The van der Waals surface area contributed by atoms with Crippen LogP contribution in [0.5, 0.6) is 0 Å². The van der Waals surface area contributed by atoms with Gasteiger partial charge in [-0.3, -0.25) is 4.90 Å². The number of likely N-dealkylation sites (N-methyl/N-ethyl adjacent to an activating group) is 1. The lowest BCUT2D eigenvalue weighted by atomic mass is 10.0. The average Bonchev–Trinajstić information content (AvgIpc) is 2.41. The topological polar surface area (TPSA) is 32.5 Å². The molecule has 1 aromatic rings. The Morgan fingerprint density at radius 2 is 2.21 bits per heavy atom. The second kappa shape index (κ2) is 6.71. The molecule has 19 heavy (non-hydrogen) atoms. The third kappa shape index (κ3) is 3.48. The fraction of sp³-hybridized carbons (Fsp3) is 0.600. The van der Waals surface area contributed by atoms with Gasteiger partial charge in [-0.1, -0.05) is 30.7 Å². The predicted molar refractivity (Wildman–Crippen MR) is 81.5 cm³/mol. The van der Waals surface area contributed by atoms with Gasteiger partial charge in [0.1, 0.15) is 0 Å². The lowest BCUT2D eigenvalue weighted by Crippen LogP contribution is -2.53. The maximum Gasteiger partial charge on any atom is 0.0472 e. The maximum absolute atomic E-state index is 6.10. The summed E-state index contributed by atoms with van der Waals surface area (Å²) in [5.74, 6) is 0. The second-order valence-electron chi connectivity index (χ2n) is 5.34. The molecule has 0 aliphatic carbocycles. The Kier molecular flexibility index (Phi) is 5.22. The molecule has 2 rings (SSSR count). The normalized spacial score (nSPS) is 23.5. The molecule has 2 atom stereocenters. The Morgan fingerprint density at radius 3 is 2.84 bits per heavy atom. The zero-order chi connectivity index (χ0) is 13.8. The summed E-state index contributed by atoms with van der Waals surface area (Å²) in [6, 6.07) is 9.00. The molecule has 3 nitrogen and oxygen atoms in total. The van der Waals surface area contributed by atoms with Gasteiger partial charge in [-0.25, -0.2) is 0 Å². The first-order chi connectivity index (χ1) is 9.15. The van der Waals surface area contributed by atoms with Crippen molar-refractivity contribution >= 4 is 11.6 Å². The molecule has 4 heteroatoms. The van der Waals surface area contributed by atoms with Crippen LogP contribution in [0.3, 0.4) is 0 Å². The van der Waals surface area contributed by atoms with Gasteiger partial charge in [0, 0.05) is 43.3 Å². The first kappa shape index (κ1) is 14.8. The van der Waals surface area contributed by atoms with Crippen LogP contribution in [0.4, 0.5) is 0 Å². The lowest BCUT2D eigenvalue weighted by molar-refractivity contribution is 0.0644. The number of nitrogens with zero attached hydrogens (tertiary/aromatic N) is 2. The van der Waals surface area contributed by atoms with Crippen LogP contribution < -0.4 is 5.73 Å². The number of hydrogen-bond acceptors (Lipinski definition) is 3. The Hall–Kier alpha value is -0.610. The molecule has 0 aromatic heterocycles. The van der Waals surface area contributed by atoms with Crippen LogP contribution in [0.1, 0.15) is 24.9 Å². The molecule has 1 saturated heterocycles. The van der Waals surface area contributed by atoms with E-state index in [9.17, 15) is 0 Å². The van der Waals surface area contributed by atoms with E-state index >= 15 is 0 Å². The molecule has 0 saturated carbocycles. The lowest BCUT2D eigenvalue weighted by Gasteiger charge is -2.42. The van der Waals surface area contributed by atoms with Crippen LogP contribution in [-0.4, -0.2) is 49.1 Å². The summed E-state index contributed by atoms with van der Waals surface area (Å²) in [6.45, 7) is 6.15. The highest BCUT2D eigenvalue weighted by Gasteiger charge is 2.28. The summed E-state index contributed by atoms with van der Waals surface area (Å²) in [4.78, 5) is 4.95. The second-order valence-corrected chi connectivity index (χ2v) is 5.78. The van der Waals surface area contributed by atoms with Crippen LogP contribution in [0.2, 0.25) is 5.02 Å². The Bertz CT molecular complexity index is 410. The third-order valence-electron chi connectivity index (χ3n) is 4.18. The molecule has 1 aromatic carbocycles. The molecule has 1 aliphatic heterocycles. The first-order valence-electron chi connectivity index (χ1n) is 7.05. The van der Waals surface area contributed by atoms with Crippen LogP contribution in [-0.2, 0) is 0 Å². The Labute approximate surface area is 121 Å². The van der Waals surface area contributed by atoms with Crippen molar-refractivity contribution in [3.63, 3.8) is 0 Å². The van der Waals surface area contributed by atoms with Crippen molar-refractivity contribution in [2.24, 2.45) is 5.73 Å². The summed E-state index contributed by atoms with van der Waals surface area (Å²) in [5, 5.41) is 0.789. The fourth-order valence-electron chi connectivity index (χ4n) is 2.90. The van der Waals surface area contributed by atoms with Crippen molar-refractivity contribution < 1.29 is 0 Å². The highest BCUT2D eigenvalue weighted by molar-refractivity contribution is 6.30. The van der Waals surface area contributed by atoms with Gasteiger partial charge in [-0.15, -0.1) is 0 Å². The molecular formula is C15H24ClN3. The van der Waals surface area contributed by atoms with E-state index in [-0.39, 0.29) is 6.04 Å². The largest absolute Gasteiger partial charge is 0.329 e. The highest BCUT2D eigenvalue weighted by Crippen LogP contribution is 2.25. The van der Waals surface area contributed by atoms with E-state index < -0.39 is 0 Å². The van der Waals surface area contributed by atoms with Crippen molar-refractivity contribution in [3.8, 4) is 0 Å². The fourth-order valence-corrected chi connectivity index (χ4v) is 3.10. The van der Waals surface area contributed by atoms with E-state index in [1.165, 1.54) is 12.0 Å². The molecule has 0 amide bonds. The van der Waals surface area contributed by atoms with Gasteiger partial charge in [0.15, 0.2) is 0 Å². The summed E-state index contributed by atoms with van der Waals surface area (Å²) >= 11 is 6.10. The van der Waals surface area contributed by atoms with Gasteiger partial charge in [0.25, 0.3) is 0 Å². The molecule has 2 unspecified atom stereocenters. The monoisotopic (exact) mass is 281 g/mol. The van der Waals surface area contributed by atoms with Crippen molar-refractivity contribution in [1.82, 2.24) is 9.80 Å². The van der Waals surface area contributed by atoms with Crippen molar-refractivity contribution in [2.75, 3.05) is 33.2 Å². The number of halogens is 1. The van der Waals surface area contributed by atoms with Crippen molar-refractivity contribution in [2.45, 2.75) is 25.4 Å². The minimum Gasteiger partial charge on any atom is -0.329 e. The quantitative estimate of drug-likeness (QED) is 0.920. The molecule has 2 N–H and O–H groups in total. The van der Waals surface area contributed by atoms with E-state index in [1.807, 2.05) is 18.2 Å². The molecule has 1 fully saturated rings. The van der Waals surface area contributed by atoms with Gasteiger partial charge >= 0.3 is 0 Å². The number of piperazine rings is 1. The van der Waals surface area contributed by atoms with Gasteiger partial charge in [0.2, 0.25) is 0 Å². The Balaban J connectivity index is 2.14. The summed E-state index contributed by atoms with van der Waals surface area (Å²) in [5.41, 5.74) is 7.24. The van der Waals surface area contributed by atoms with Gasteiger partial charge in [-0.2, -0.15) is 0 Å². The molecule has 0 radical (unpaired) electrons. The minimum absolute atomic E-state index is 0.279. The number of rotatable bonds is 4. The third-order valence-corrected chi connectivity index (χ3v) is 4.41. The summed E-state index contributed by atoms with van der Waals surface area (Å²) < 4.78 is 0. The zero-order valence-corrected chi connectivity index (χ0v) is 12.6. The summed E-state index contributed by atoms with van der Waals surface area (Å²) in [7, 11) is 2.21. The number of nitrogens with two attached hydrogens (primary N) is 1. The van der Waals surface area contributed by atoms with Gasteiger partial charge in [0.05, 0.1) is 0 Å². The number of benzene rings is 1.